The van der Waals surface area contributed by atoms with E-state index in [1.807, 2.05) is 0 Å². The summed E-state index contributed by atoms with van der Waals surface area (Å²) >= 11 is 0. The lowest BCUT2D eigenvalue weighted by atomic mass is 9.88. The highest BCUT2D eigenvalue weighted by atomic mass is 19.4. The molecule has 0 bridgehead atoms. The third-order valence-corrected chi connectivity index (χ3v) is 7.45. The fourth-order valence-corrected chi connectivity index (χ4v) is 4.30. The van der Waals surface area contributed by atoms with Crippen LogP contribution in [-0.2, 0) is 9.53 Å². The molecule has 0 spiro atoms. The van der Waals surface area contributed by atoms with Crippen molar-refractivity contribution in [3.05, 3.63) is 61.2 Å². The Hall–Kier alpha value is -3.94. The van der Waals surface area contributed by atoms with Crippen LogP contribution in [0.2, 0.25) is 0 Å². The molecule has 0 aromatic heterocycles. The lowest BCUT2D eigenvalue weighted by molar-refractivity contribution is -0.461. The van der Waals surface area contributed by atoms with E-state index in [1.165, 1.54) is 24.3 Å². The smallest absolute Gasteiger partial charge is 0.460 e. The number of halogens is 17. The molecule has 0 fully saturated rings. The van der Waals surface area contributed by atoms with Crippen molar-refractivity contribution < 1.29 is 93.6 Å². The third kappa shape index (κ3) is 9.42. The first kappa shape index (κ1) is 45.2. The number of alkyl halides is 17. The molecule has 0 heterocycles. The van der Waals surface area contributed by atoms with E-state index in [-0.39, 0.29) is 12.4 Å². The highest BCUT2D eigenvalue weighted by Gasteiger charge is 2.95. The van der Waals surface area contributed by atoms with Gasteiger partial charge in [-0.25, -0.2) is 4.79 Å². The Morgan fingerprint density at radius 3 is 1.25 bits per heavy atom. The number of rotatable bonds is 21. The van der Waals surface area contributed by atoms with Gasteiger partial charge in [0.25, 0.3) is 0 Å². The van der Waals surface area contributed by atoms with Crippen LogP contribution in [0.1, 0.15) is 38.5 Å². The predicted molar refractivity (Wildman–Crippen MR) is 152 cm³/mol. The zero-order valence-corrected chi connectivity index (χ0v) is 26.8. The van der Waals surface area contributed by atoms with Gasteiger partial charge in [0.2, 0.25) is 0 Å². The summed E-state index contributed by atoms with van der Waals surface area (Å²) in [6, 6.07) is 12.0. The van der Waals surface area contributed by atoms with Crippen molar-refractivity contribution in [2.75, 3.05) is 19.8 Å². The van der Waals surface area contributed by atoms with Gasteiger partial charge in [-0.2, -0.15) is 74.6 Å². The van der Waals surface area contributed by atoms with Crippen molar-refractivity contribution in [1.29, 1.82) is 0 Å². The lowest BCUT2D eigenvalue weighted by Gasteiger charge is -2.42. The number of hydrogen-bond donors (Lipinski definition) is 0. The van der Waals surface area contributed by atoms with Gasteiger partial charge in [0.1, 0.15) is 11.5 Å². The quantitative estimate of drug-likeness (QED) is 0.0546. The first-order chi connectivity index (χ1) is 24.1. The normalized spacial score (nSPS) is 13.8. The van der Waals surface area contributed by atoms with Crippen LogP contribution in [-0.4, -0.2) is 73.4 Å². The SMILES string of the molecule is C=CC(=O)OCCCCCCOc1ccc(-c2ccc(OCCCC(F)(F)C(F)(F)C(F)(F)C(F)(F)C(F)(F)C(F)(F)C(F)(F)C(F)(F)F)cc2)cc1. The van der Waals surface area contributed by atoms with Crippen LogP contribution >= 0.6 is 0 Å². The van der Waals surface area contributed by atoms with E-state index in [0.29, 0.717) is 29.9 Å². The van der Waals surface area contributed by atoms with Crippen LogP contribution in [0.15, 0.2) is 61.2 Å². The Morgan fingerprint density at radius 2 is 0.849 bits per heavy atom. The van der Waals surface area contributed by atoms with Crippen LogP contribution in [0, 0.1) is 0 Å². The molecule has 300 valence electrons. The molecular weight excluding hydrogens is 771 g/mol. The van der Waals surface area contributed by atoms with Gasteiger partial charge in [-0.1, -0.05) is 30.8 Å². The van der Waals surface area contributed by atoms with Gasteiger partial charge >= 0.3 is 53.6 Å². The van der Waals surface area contributed by atoms with E-state index in [9.17, 15) is 79.4 Å². The van der Waals surface area contributed by atoms with Crippen LogP contribution in [0.4, 0.5) is 74.6 Å². The fraction of sp³-hybridized carbons (Fsp3) is 0.531. The van der Waals surface area contributed by atoms with E-state index >= 15 is 0 Å². The minimum absolute atomic E-state index is 0.132. The summed E-state index contributed by atoms with van der Waals surface area (Å²) in [6.07, 6.45) is -7.69. The van der Waals surface area contributed by atoms with Crippen molar-refractivity contribution in [1.82, 2.24) is 0 Å². The summed E-state index contributed by atoms with van der Waals surface area (Å²) in [6.45, 7) is 2.93. The van der Waals surface area contributed by atoms with Gasteiger partial charge in [0.05, 0.1) is 19.8 Å². The van der Waals surface area contributed by atoms with Crippen LogP contribution in [0.25, 0.3) is 11.1 Å². The summed E-state index contributed by atoms with van der Waals surface area (Å²) in [7, 11) is 0. The topological polar surface area (TPSA) is 44.8 Å². The first-order valence-electron chi connectivity index (χ1n) is 15.1. The van der Waals surface area contributed by atoms with E-state index in [2.05, 4.69) is 6.58 Å². The maximum atomic E-state index is 14.1. The zero-order valence-electron chi connectivity index (χ0n) is 26.8. The summed E-state index contributed by atoms with van der Waals surface area (Å²) < 4.78 is 244. The van der Waals surface area contributed by atoms with Gasteiger partial charge in [0.15, 0.2) is 0 Å². The van der Waals surface area contributed by atoms with Crippen LogP contribution in [0.3, 0.4) is 0 Å². The molecule has 0 amide bonds. The maximum Gasteiger partial charge on any atom is 0.460 e. The molecule has 2 aromatic carbocycles. The first-order valence-corrected chi connectivity index (χ1v) is 15.1. The molecule has 0 unspecified atom stereocenters. The summed E-state index contributed by atoms with van der Waals surface area (Å²) in [5.41, 5.74) is 1.20. The number of unbranched alkanes of at least 4 members (excludes halogenated alkanes) is 3. The van der Waals surface area contributed by atoms with E-state index in [4.69, 9.17) is 14.2 Å². The third-order valence-electron chi connectivity index (χ3n) is 7.45. The Morgan fingerprint density at radius 1 is 0.491 bits per heavy atom. The number of hydrogen-bond acceptors (Lipinski definition) is 4. The molecule has 0 aliphatic carbocycles. The summed E-state index contributed by atoms with van der Waals surface area (Å²) in [5.74, 6) is -56.5. The number of benzene rings is 2. The summed E-state index contributed by atoms with van der Waals surface area (Å²) in [4.78, 5) is 11.0. The predicted octanol–water partition coefficient (Wildman–Crippen LogP) is 11.2. The van der Waals surface area contributed by atoms with E-state index in [1.54, 1.807) is 24.3 Å². The molecular formula is C32H29F17O4. The monoisotopic (exact) mass is 800 g/mol. The minimum atomic E-state index is -8.65. The van der Waals surface area contributed by atoms with Crippen LogP contribution < -0.4 is 9.47 Å². The maximum absolute atomic E-state index is 14.1. The second-order valence-electron chi connectivity index (χ2n) is 11.3. The van der Waals surface area contributed by atoms with Gasteiger partial charge in [0, 0.05) is 12.5 Å². The summed E-state index contributed by atoms with van der Waals surface area (Å²) in [5, 5.41) is 0. The Balaban J connectivity index is 1.95. The molecule has 0 radical (unpaired) electrons. The van der Waals surface area contributed by atoms with Gasteiger partial charge in [-0.3, -0.25) is 0 Å². The number of ether oxygens (including phenoxy) is 3. The lowest BCUT2D eigenvalue weighted by Crippen LogP contribution is -2.74. The van der Waals surface area contributed by atoms with Crippen molar-refractivity contribution in [2.45, 2.75) is 86.2 Å². The molecule has 0 aliphatic heterocycles. The molecule has 4 nitrogen and oxygen atoms in total. The molecule has 0 saturated heterocycles. The molecule has 0 atom stereocenters. The average molecular weight is 801 g/mol. The molecule has 0 saturated carbocycles. The van der Waals surface area contributed by atoms with E-state index in [0.717, 1.165) is 25.3 Å². The fourth-order valence-electron chi connectivity index (χ4n) is 4.30. The van der Waals surface area contributed by atoms with Crippen molar-refractivity contribution >= 4 is 5.97 Å². The van der Waals surface area contributed by atoms with Crippen LogP contribution in [0.5, 0.6) is 11.5 Å². The Bertz CT molecular complexity index is 1490. The van der Waals surface area contributed by atoms with E-state index < -0.39 is 73.1 Å². The zero-order chi connectivity index (χ0) is 40.7. The van der Waals surface area contributed by atoms with Gasteiger partial charge in [-0.15, -0.1) is 0 Å². The molecule has 0 N–H and O–H groups in total. The molecule has 21 heteroatoms. The van der Waals surface area contributed by atoms with Gasteiger partial charge < -0.3 is 14.2 Å². The standard InChI is InChI=1S/C32H29F17O4/c1-2-24(50)53-18-6-4-3-5-17-51-22-12-8-20(9-13-22)21-10-14-23(15-11-21)52-19-7-16-25(33,34)26(35,36)27(37,38)28(39,40)29(41,42)30(43,44)31(45,46)32(47,48)49/h2,8-15H,1,3-7,16-19H2. The van der Waals surface area contributed by atoms with Crippen molar-refractivity contribution in [3.8, 4) is 22.6 Å². The average Bonchev–Trinajstić information content (AvgIpc) is 3.07. The number of esters is 1. The second-order valence-corrected chi connectivity index (χ2v) is 11.3. The number of carbonyl (C=O) groups excluding carboxylic acids is 1. The highest BCUT2D eigenvalue weighted by molar-refractivity contribution is 5.81. The molecule has 2 rings (SSSR count). The van der Waals surface area contributed by atoms with Crippen molar-refractivity contribution in [2.24, 2.45) is 0 Å². The van der Waals surface area contributed by atoms with Crippen molar-refractivity contribution in [3.63, 3.8) is 0 Å². The highest BCUT2D eigenvalue weighted by Crippen LogP contribution is 2.64. The molecule has 2 aromatic rings. The minimum Gasteiger partial charge on any atom is -0.494 e. The van der Waals surface area contributed by atoms with Gasteiger partial charge in [-0.05, 0) is 67.5 Å². The Labute approximate surface area is 289 Å². The second kappa shape index (κ2) is 16.6. The molecule has 53 heavy (non-hydrogen) atoms. The Kier molecular flexibility index (Phi) is 14.2. The number of carbonyl (C=O) groups is 1. The molecule has 0 aliphatic rings. The largest absolute Gasteiger partial charge is 0.494 e.